The molecular formula is C24H16BrNO. The summed E-state index contributed by atoms with van der Waals surface area (Å²) >= 11 is 3.52. The van der Waals surface area contributed by atoms with Gasteiger partial charge < -0.3 is 9.32 Å². The molecule has 0 spiro atoms. The van der Waals surface area contributed by atoms with Crippen molar-refractivity contribution in [2.24, 2.45) is 0 Å². The minimum absolute atomic E-state index is 0.891. The van der Waals surface area contributed by atoms with Gasteiger partial charge in [-0.1, -0.05) is 52.3 Å². The Morgan fingerprint density at radius 1 is 0.556 bits per heavy atom. The molecule has 130 valence electrons. The van der Waals surface area contributed by atoms with Crippen LogP contribution in [0, 0.1) is 0 Å². The number of hydrogen-bond acceptors (Lipinski definition) is 2. The lowest BCUT2D eigenvalue weighted by atomic mass is 10.1. The standard InChI is InChI=1S/C24H16BrNO/c25-17-11-13-21-22-16-20(12-14-23(22)27-24(21)15-17)26(18-7-3-1-4-8-18)19-9-5-2-6-10-19/h1-16H. The molecule has 5 aromatic rings. The van der Waals surface area contributed by atoms with Crippen LogP contribution >= 0.6 is 15.9 Å². The number of nitrogens with zero attached hydrogens (tertiary/aromatic N) is 1. The summed E-state index contributed by atoms with van der Waals surface area (Å²) in [6.45, 7) is 0. The van der Waals surface area contributed by atoms with Crippen molar-refractivity contribution in [3.05, 3.63) is 102 Å². The molecule has 5 rings (SSSR count). The van der Waals surface area contributed by atoms with E-state index in [1.54, 1.807) is 0 Å². The third-order valence-electron chi connectivity index (χ3n) is 4.70. The molecule has 4 aromatic carbocycles. The van der Waals surface area contributed by atoms with Gasteiger partial charge in [0.15, 0.2) is 0 Å². The van der Waals surface area contributed by atoms with Gasteiger partial charge in [0, 0.05) is 32.3 Å². The predicted octanol–water partition coefficient (Wildman–Crippen LogP) is 7.82. The van der Waals surface area contributed by atoms with Crippen molar-refractivity contribution in [1.82, 2.24) is 0 Å². The Morgan fingerprint density at radius 2 is 1.22 bits per heavy atom. The van der Waals surface area contributed by atoms with E-state index >= 15 is 0 Å². The molecule has 3 heteroatoms. The second-order valence-electron chi connectivity index (χ2n) is 6.43. The monoisotopic (exact) mass is 413 g/mol. The minimum atomic E-state index is 0.891. The zero-order chi connectivity index (χ0) is 18.2. The Morgan fingerprint density at radius 3 is 1.89 bits per heavy atom. The van der Waals surface area contributed by atoms with Gasteiger partial charge in [0.1, 0.15) is 11.2 Å². The van der Waals surface area contributed by atoms with E-state index in [0.717, 1.165) is 43.5 Å². The minimum Gasteiger partial charge on any atom is -0.456 e. The molecule has 0 N–H and O–H groups in total. The molecule has 0 atom stereocenters. The third kappa shape index (κ3) is 2.90. The Balaban J connectivity index is 1.74. The number of para-hydroxylation sites is 2. The fourth-order valence-corrected chi connectivity index (χ4v) is 3.82. The van der Waals surface area contributed by atoms with Gasteiger partial charge in [-0.25, -0.2) is 0 Å². The van der Waals surface area contributed by atoms with E-state index < -0.39 is 0 Å². The largest absolute Gasteiger partial charge is 0.456 e. The van der Waals surface area contributed by atoms with Crippen LogP contribution in [0.4, 0.5) is 17.1 Å². The predicted molar refractivity (Wildman–Crippen MR) is 116 cm³/mol. The number of hydrogen-bond donors (Lipinski definition) is 0. The van der Waals surface area contributed by atoms with E-state index in [1.807, 2.05) is 18.2 Å². The molecule has 1 heterocycles. The molecule has 0 amide bonds. The lowest BCUT2D eigenvalue weighted by Gasteiger charge is -2.25. The number of anilines is 3. The molecule has 2 nitrogen and oxygen atoms in total. The van der Waals surface area contributed by atoms with Gasteiger partial charge in [0.2, 0.25) is 0 Å². The zero-order valence-electron chi connectivity index (χ0n) is 14.5. The topological polar surface area (TPSA) is 16.4 Å². The van der Waals surface area contributed by atoms with E-state index in [-0.39, 0.29) is 0 Å². The van der Waals surface area contributed by atoms with Crippen molar-refractivity contribution in [2.45, 2.75) is 0 Å². The molecule has 1 aromatic heterocycles. The van der Waals surface area contributed by atoms with Gasteiger partial charge >= 0.3 is 0 Å². The third-order valence-corrected chi connectivity index (χ3v) is 5.20. The molecule has 0 bridgehead atoms. The molecule has 0 aliphatic carbocycles. The Hall–Kier alpha value is -3.04. The van der Waals surface area contributed by atoms with Crippen LogP contribution < -0.4 is 4.90 Å². The average Bonchev–Trinajstić information content (AvgIpc) is 3.07. The highest BCUT2D eigenvalue weighted by molar-refractivity contribution is 9.10. The summed E-state index contributed by atoms with van der Waals surface area (Å²) in [5, 5.41) is 2.24. The van der Waals surface area contributed by atoms with Crippen LogP contribution in [0.25, 0.3) is 21.9 Å². The maximum Gasteiger partial charge on any atom is 0.136 e. The molecule has 27 heavy (non-hydrogen) atoms. The maximum absolute atomic E-state index is 6.03. The summed E-state index contributed by atoms with van der Waals surface area (Å²) in [5.41, 5.74) is 5.14. The highest BCUT2D eigenvalue weighted by Gasteiger charge is 2.14. The second kappa shape index (κ2) is 6.60. The summed E-state index contributed by atoms with van der Waals surface area (Å²) in [6, 6.07) is 33.4. The fourth-order valence-electron chi connectivity index (χ4n) is 3.48. The number of halogens is 1. The molecular weight excluding hydrogens is 398 g/mol. The van der Waals surface area contributed by atoms with Crippen molar-refractivity contribution in [2.75, 3.05) is 4.90 Å². The molecule has 0 saturated heterocycles. The van der Waals surface area contributed by atoms with E-state index in [2.05, 4.69) is 99.7 Å². The maximum atomic E-state index is 6.03. The van der Waals surface area contributed by atoms with E-state index in [1.165, 1.54) is 0 Å². The van der Waals surface area contributed by atoms with Crippen LogP contribution in [0.15, 0.2) is 106 Å². The fraction of sp³-hybridized carbons (Fsp3) is 0. The molecule has 0 aliphatic heterocycles. The first kappa shape index (κ1) is 16.2. The number of benzene rings is 4. The second-order valence-corrected chi connectivity index (χ2v) is 7.35. The van der Waals surface area contributed by atoms with Crippen molar-refractivity contribution in [3.8, 4) is 0 Å². The summed E-state index contributed by atoms with van der Waals surface area (Å²) in [4.78, 5) is 2.26. The first-order valence-corrected chi connectivity index (χ1v) is 9.61. The summed E-state index contributed by atoms with van der Waals surface area (Å²) in [5.74, 6) is 0. The molecule has 0 fully saturated rings. The number of rotatable bonds is 3. The van der Waals surface area contributed by atoms with Crippen LogP contribution in [0.1, 0.15) is 0 Å². The van der Waals surface area contributed by atoms with Gasteiger partial charge in [-0.15, -0.1) is 0 Å². The highest BCUT2D eigenvalue weighted by atomic mass is 79.9. The van der Waals surface area contributed by atoms with E-state index in [9.17, 15) is 0 Å². The zero-order valence-corrected chi connectivity index (χ0v) is 16.1. The summed E-state index contributed by atoms with van der Waals surface area (Å²) in [7, 11) is 0. The lowest BCUT2D eigenvalue weighted by molar-refractivity contribution is 0.668. The SMILES string of the molecule is Brc1ccc2c(c1)oc1ccc(N(c3ccccc3)c3ccccc3)cc12. The smallest absolute Gasteiger partial charge is 0.136 e. The highest BCUT2D eigenvalue weighted by Crippen LogP contribution is 2.38. The summed E-state index contributed by atoms with van der Waals surface area (Å²) < 4.78 is 7.05. The van der Waals surface area contributed by atoms with Gasteiger partial charge in [-0.2, -0.15) is 0 Å². The molecule has 0 unspecified atom stereocenters. The van der Waals surface area contributed by atoms with Crippen LogP contribution in [-0.4, -0.2) is 0 Å². The van der Waals surface area contributed by atoms with Crippen molar-refractivity contribution < 1.29 is 4.42 Å². The number of furan rings is 1. The van der Waals surface area contributed by atoms with Crippen molar-refractivity contribution in [1.29, 1.82) is 0 Å². The molecule has 0 radical (unpaired) electrons. The first-order valence-electron chi connectivity index (χ1n) is 8.82. The van der Waals surface area contributed by atoms with Crippen LogP contribution in [0.5, 0.6) is 0 Å². The normalized spacial score (nSPS) is 11.1. The Bertz CT molecular complexity index is 1190. The van der Waals surface area contributed by atoms with Crippen LogP contribution in [-0.2, 0) is 0 Å². The lowest BCUT2D eigenvalue weighted by Crippen LogP contribution is -2.09. The van der Waals surface area contributed by atoms with Crippen molar-refractivity contribution >= 4 is 54.9 Å². The van der Waals surface area contributed by atoms with Gasteiger partial charge in [0.05, 0.1) is 0 Å². The molecule has 0 aliphatic rings. The van der Waals surface area contributed by atoms with Gasteiger partial charge in [-0.3, -0.25) is 0 Å². The van der Waals surface area contributed by atoms with Crippen LogP contribution in [0.2, 0.25) is 0 Å². The van der Waals surface area contributed by atoms with Crippen LogP contribution in [0.3, 0.4) is 0 Å². The molecule has 0 saturated carbocycles. The average molecular weight is 414 g/mol. The number of fused-ring (bicyclic) bond motifs is 3. The Labute approximate surface area is 165 Å². The summed E-state index contributed by atoms with van der Waals surface area (Å²) in [6.07, 6.45) is 0. The quantitative estimate of drug-likeness (QED) is 0.299. The van der Waals surface area contributed by atoms with Gasteiger partial charge in [0.25, 0.3) is 0 Å². The Kier molecular flexibility index (Phi) is 3.95. The van der Waals surface area contributed by atoms with E-state index in [4.69, 9.17) is 4.42 Å². The van der Waals surface area contributed by atoms with Gasteiger partial charge in [-0.05, 0) is 60.7 Å². The van der Waals surface area contributed by atoms with E-state index in [0.29, 0.717) is 0 Å². The first-order chi connectivity index (χ1) is 13.3. The van der Waals surface area contributed by atoms with Crippen molar-refractivity contribution in [3.63, 3.8) is 0 Å².